The number of aryl methyl sites for hydroxylation is 1. The Hall–Kier alpha value is -2.86. The predicted molar refractivity (Wildman–Crippen MR) is 117 cm³/mol. The molecule has 0 aromatic heterocycles. The van der Waals surface area contributed by atoms with Gasteiger partial charge in [0.05, 0.1) is 6.42 Å². The van der Waals surface area contributed by atoms with Gasteiger partial charge in [-0.3, -0.25) is 4.79 Å². The highest BCUT2D eigenvalue weighted by molar-refractivity contribution is 5.83. The maximum atomic E-state index is 13.1. The van der Waals surface area contributed by atoms with Crippen LogP contribution in [0.15, 0.2) is 24.3 Å². The summed E-state index contributed by atoms with van der Waals surface area (Å²) in [7, 11) is 0. The Kier molecular flexibility index (Phi) is 5.52. The fourth-order valence-corrected chi connectivity index (χ4v) is 4.74. The molecule has 2 aromatic carbocycles. The van der Waals surface area contributed by atoms with Gasteiger partial charge in [0.2, 0.25) is 0 Å². The number of fused-ring (bicyclic) bond motifs is 1. The molecular formula is C24H29N3O3. The number of urea groups is 1. The molecule has 2 amide bonds. The molecule has 4 rings (SSSR count). The van der Waals surface area contributed by atoms with Crippen molar-refractivity contribution in [2.24, 2.45) is 0 Å². The number of carboxylic acids is 1. The number of carboxylic acid groups (broad SMARTS) is 1. The van der Waals surface area contributed by atoms with Gasteiger partial charge in [-0.05, 0) is 59.7 Å². The van der Waals surface area contributed by atoms with Crippen molar-refractivity contribution in [3.05, 3.63) is 57.6 Å². The number of rotatable bonds is 3. The number of benzene rings is 2. The number of hydrogen-bond donors (Lipinski definition) is 2. The van der Waals surface area contributed by atoms with Crippen molar-refractivity contribution in [1.82, 2.24) is 15.1 Å². The van der Waals surface area contributed by atoms with E-state index in [1.54, 1.807) is 0 Å². The lowest BCUT2D eigenvalue weighted by Crippen LogP contribution is -2.50. The van der Waals surface area contributed by atoms with Gasteiger partial charge in [0, 0.05) is 39.3 Å². The van der Waals surface area contributed by atoms with Crippen LogP contribution < -0.4 is 5.32 Å². The van der Waals surface area contributed by atoms with E-state index in [1.165, 1.54) is 11.1 Å². The summed E-state index contributed by atoms with van der Waals surface area (Å²) >= 11 is 0. The molecule has 2 N–H and O–H groups in total. The molecule has 1 fully saturated rings. The van der Waals surface area contributed by atoms with E-state index in [0.29, 0.717) is 13.1 Å². The molecule has 0 aliphatic carbocycles. The van der Waals surface area contributed by atoms with E-state index in [-0.39, 0.29) is 12.5 Å². The molecule has 6 nitrogen and oxygen atoms in total. The third kappa shape index (κ3) is 3.67. The largest absolute Gasteiger partial charge is 0.481 e. The van der Waals surface area contributed by atoms with Crippen LogP contribution >= 0.6 is 0 Å². The second-order valence-corrected chi connectivity index (χ2v) is 8.37. The number of amides is 2. The van der Waals surface area contributed by atoms with E-state index in [0.717, 1.165) is 59.6 Å². The first-order valence-electron chi connectivity index (χ1n) is 10.5. The minimum absolute atomic E-state index is 0.0189. The van der Waals surface area contributed by atoms with Crippen LogP contribution in [0.4, 0.5) is 4.79 Å². The van der Waals surface area contributed by atoms with Crippen molar-refractivity contribution in [2.75, 3.05) is 26.2 Å². The maximum absolute atomic E-state index is 13.1. The average molecular weight is 408 g/mol. The number of hydrogen-bond acceptors (Lipinski definition) is 3. The molecular weight excluding hydrogens is 378 g/mol. The molecule has 30 heavy (non-hydrogen) atoms. The monoisotopic (exact) mass is 407 g/mol. The third-order valence-corrected chi connectivity index (χ3v) is 6.42. The van der Waals surface area contributed by atoms with E-state index < -0.39 is 5.97 Å². The van der Waals surface area contributed by atoms with Crippen LogP contribution in [0.3, 0.4) is 0 Å². The van der Waals surface area contributed by atoms with Gasteiger partial charge in [-0.15, -0.1) is 0 Å². The van der Waals surface area contributed by atoms with Gasteiger partial charge in [-0.2, -0.15) is 0 Å². The number of aliphatic carboxylic acids is 1. The third-order valence-electron chi connectivity index (χ3n) is 6.42. The quantitative estimate of drug-likeness (QED) is 0.819. The summed E-state index contributed by atoms with van der Waals surface area (Å²) in [6, 6.07) is 8.31. The van der Waals surface area contributed by atoms with Crippen LogP contribution in [0.5, 0.6) is 0 Å². The summed E-state index contributed by atoms with van der Waals surface area (Å²) in [6.45, 7) is 10.3. The van der Waals surface area contributed by atoms with E-state index in [4.69, 9.17) is 0 Å². The molecule has 2 heterocycles. The van der Waals surface area contributed by atoms with Crippen molar-refractivity contribution < 1.29 is 14.7 Å². The molecule has 2 aliphatic rings. The first kappa shape index (κ1) is 20.4. The molecule has 0 spiro atoms. The van der Waals surface area contributed by atoms with Gasteiger partial charge in [-0.1, -0.05) is 29.8 Å². The van der Waals surface area contributed by atoms with Gasteiger partial charge >= 0.3 is 12.0 Å². The van der Waals surface area contributed by atoms with E-state index in [9.17, 15) is 14.7 Å². The molecule has 0 atom stereocenters. The zero-order valence-corrected chi connectivity index (χ0v) is 17.9. The summed E-state index contributed by atoms with van der Waals surface area (Å²) in [5.74, 6) is -0.836. The summed E-state index contributed by atoms with van der Waals surface area (Å²) in [5, 5.41) is 12.9. The second kappa shape index (κ2) is 8.11. The van der Waals surface area contributed by atoms with E-state index in [2.05, 4.69) is 36.5 Å². The molecule has 6 heteroatoms. The van der Waals surface area contributed by atoms with Crippen molar-refractivity contribution >= 4 is 12.0 Å². The predicted octanol–water partition coefficient (Wildman–Crippen LogP) is 3.25. The Morgan fingerprint density at radius 3 is 2.13 bits per heavy atom. The number of nitrogens with one attached hydrogen (secondary N) is 1. The van der Waals surface area contributed by atoms with Crippen LogP contribution in [0, 0.1) is 20.8 Å². The lowest BCUT2D eigenvalue weighted by molar-refractivity contribution is -0.136. The van der Waals surface area contributed by atoms with Crippen LogP contribution in [0.25, 0.3) is 11.1 Å². The van der Waals surface area contributed by atoms with Gasteiger partial charge < -0.3 is 20.2 Å². The van der Waals surface area contributed by atoms with E-state index >= 15 is 0 Å². The molecule has 1 saturated heterocycles. The molecule has 0 radical (unpaired) electrons. The smallest absolute Gasteiger partial charge is 0.320 e. The topological polar surface area (TPSA) is 72.9 Å². The zero-order chi connectivity index (χ0) is 21.4. The average Bonchev–Trinajstić information content (AvgIpc) is 3.19. The normalized spacial score (nSPS) is 16.0. The van der Waals surface area contributed by atoms with Gasteiger partial charge in [0.25, 0.3) is 0 Å². The summed E-state index contributed by atoms with van der Waals surface area (Å²) in [4.78, 5) is 28.6. The second-order valence-electron chi connectivity index (χ2n) is 8.37. The highest BCUT2D eigenvalue weighted by Crippen LogP contribution is 2.39. The minimum Gasteiger partial charge on any atom is -0.481 e. The number of nitrogens with zero attached hydrogens (tertiary/aromatic N) is 2. The standard InChI is InChI=1S/C24H29N3O3/c1-15-4-6-18(7-5-15)23-17(3)21-14-27(24(30)26-10-8-25-9-11-26)13-20(21)16(2)19(23)12-22(28)29/h4-7,25H,8-14H2,1-3H3,(H,28,29). The number of piperazine rings is 1. The molecule has 2 aliphatic heterocycles. The first-order chi connectivity index (χ1) is 14.4. The fourth-order valence-electron chi connectivity index (χ4n) is 4.74. The fraction of sp³-hybridized carbons (Fsp3) is 0.417. The van der Waals surface area contributed by atoms with Crippen LogP contribution in [0.1, 0.15) is 33.4 Å². The Balaban J connectivity index is 1.76. The van der Waals surface area contributed by atoms with Gasteiger partial charge in [0.1, 0.15) is 0 Å². The SMILES string of the molecule is Cc1ccc(-c2c(C)c3c(c(C)c2CC(=O)O)CN(C(=O)N2CCNCC2)C3)cc1. The summed E-state index contributed by atoms with van der Waals surface area (Å²) < 4.78 is 0. The summed E-state index contributed by atoms with van der Waals surface area (Å²) in [5.41, 5.74) is 8.44. The van der Waals surface area contributed by atoms with E-state index in [1.807, 2.05) is 23.6 Å². The summed E-state index contributed by atoms with van der Waals surface area (Å²) in [6.07, 6.45) is -0.0189. The molecule has 0 saturated carbocycles. The highest BCUT2D eigenvalue weighted by Gasteiger charge is 2.32. The van der Waals surface area contributed by atoms with Crippen LogP contribution in [-0.2, 0) is 24.3 Å². The number of carbonyl (C=O) groups is 2. The Morgan fingerprint density at radius 2 is 1.53 bits per heavy atom. The lowest BCUT2D eigenvalue weighted by atomic mass is 9.84. The van der Waals surface area contributed by atoms with Crippen molar-refractivity contribution in [1.29, 1.82) is 0 Å². The first-order valence-corrected chi connectivity index (χ1v) is 10.5. The Labute approximate surface area is 177 Å². The molecule has 2 aromatic rings. The Morgan fingerprint density at radius 1 is 0.933 bits per heavy atom. The molecule has 0 bridgehead atoms. The minimum atomic E-state index is -0.836. The Bertz CT molecular complexity index is 992. The molecule has 0 unspecified atom stereocenters. The van der Waals surface area contributed by atoms with Crippen molar-refractivity contribution in [3.8, 4) is 11.1 Å². The number of carbonyl (C=O) groups excluding carboxylic acids is 1. The highest BCUT2D eigenvalue weighted by atomic mass is 16.4. The van der Waals surface area contributed by atoms with Crippen LogP contribution in [0.2, 0.25) is 0 Å². The van der Waals surface area contributed by atoms with Crippen molar-refractivity contribution in [3.63, 3.8) is 0 Å². The zero-order valence-electron chi connectivity index (χ0n) is 17.9. The van der Waals surface area contributed by atoms with Crippen molar-refractivity contribution in [2.45, 2.75) is 40.3 Å². The van der Waals surface area contributed by atoms with Crippen LogP contribution in [-0.4, -0.2) is 53.1 Å². The maximum Gasteiger partial charge on any atom is 0.320 e. The van der Waals surface area contributed by atoms with Gasteiger partial charge in [-0.25, -0.2) is 4.79 Å². The lowest BCUT2D eigenvalue weighted by Gasteiger charge is -2.31. The van der Waals surface area contributed by atoms with Gasteiger partial charge in [0.15, 0.2) is 0 Å². The molecule has 158 valence electrons.